The van der Waals surface area contributed by atoms with Crippen LogP contribution in [-0.4, -0.2) is 52.2 Å². The summed E-state index contributed by atoms with van der Waals surface area (Å²) in [4.78, 5) is 25.9. The number of primary amides is 1. The van der Waals surface area contributed by atoms with Crippen molar-refractivity contribution in [2.24, 2.45) is 5.73 Å². The van der Waals surface area contributed by atoms with Gasteiger partial charge in [-0.05, 0) is 43.6 Å². The fourth-order valence-corrected chi connectivity index (χ4v) is 3.55. The molecule has 3 N–H and O–H groups in total. The lowest BCUT2D eigenvalue weighted by atomic mass is 10.1. The minimum absolute atomic E-state index is 0.0547. The number of aromatic nitrogens is 2. The molecular formula is C20H27N5O2. The van der Waals surface area contributed by atoms with E-state index in [1.807, 2.05) is 30.5 Å². The Kier molecular flexibility index (Phi) is 6.24. The fourth-order valence-electron chi connectivity index (χ4n) is 3.55. The summed E-state index contributed by atoms with van der Waals surface area (Å²) in [6.07, 6.45) is 6.18. The zero-order valence-electron chi connectivity index (χ0n) is 15.7. The molecule has 144 valence electrons. The normalized spacial score (nSPS) is 17.1. The number of benzene rings is 1. The third kappa shape index (κ3) is 4.95. The molecule has 1 aliphatic heterocycles. The van der Waals surface area contributed by atoms with Crippen molar-refractivity contribution in [1.29, 1.82) is 0 Å². The summed E-state index contributed by atoms with van der Waals surface area (Å²) < 4.78 is 1.69. The second-order valence-corrected chi connectivity index (χ2v) is 6.92. The number of hydrogen-bond donors (Lipinski definition) is 2. The van der Waals surface area contributed by atoms with Gasteiger partial charge in [-0.25, -0.2) is 0 Å². The molecule has 0 spiro atoms. The highest BCUT2D eigenvalue weighted by atomic mass is 16.2. The summed E-state index contributed by atoms with van der Waals surface area (Å²) in [5, 5.41) is 7.32. The predicted octanol–water partition coefficient (Wildman–Crippen LogP) is 1.64. The second kappa shape index (κ2) is 8.81. The largest absolute Gasteiger partial charge is 0.370 e. The van der Waals surface area contributed by atoms with E-state index in [0.717, 1.165) is 30.6 Å². The average molecular weight is 369 g/mol. The van der Waals surface area contributed by atoms with Crippen LogP contribution in [0.1, 0.15) is 36.5 Å². The van der Waals surface area contributed by atoms with Crippen molar-refractivity contribution in [3.05, 3.63) is 42.2 Å². The van der Waals surface area contributed by atoms with Crippen LogP contribution in [0.3, 0.4) is 0 Å². The lowest BCUT2D eigenvalue weighted by Gasteiger charge is -2.22. The number of nitrogens with two attached hydrogens (primary N) is 1. The smallest absolute Gasteiger partial charge is 0.251 e. The first kappa shape index (κ1) is 19.1. The van der Waals surface area contributed by atoms with E-state index >= 15 is 0 Å². The second-order valence-electron chi connectivity index (χ2n) is 6.92. The number of carbonyl (C=O) groups excluding carboxylic acids is 2. The third-order valence-electron chi connectivity index (χ3n) is 5.08. The van der Waals surface area contributed by atoms with Crippen molar-refractivity contribution in [3.63, 3.8) is 0 Å². The monoisotopic (exact) mass is 369 g/mol. The summed E-state index contributed by atoms with van der Waals surface area (Å²) in [6, 6.07) is 7.95. The van der Waals surface area contributed by atoms with Crippen LogP contribution in [0.2, 0.25) is 0 Å². The van der Waals surface area contributed by atoms with Gasteiger partial charge in [0.15, 0.2) is 0 Å². The van der Waals surface area contributed by atoms with E-state index < -0.39 is 0 Å². The lowest BCUT2D eigenvalue weighted by molar-refractivity contribution is -0.118. The van der Waals surface area contributed by atoms with Crippen molar-refractivity contribution in [1.82, 2.24) is 20.0 Å². The van der Waals surface area contributed by atoms with Gasteiger partial charge in [0, 0.05) is 42.9 Å². The zero-order chi connectivity index (χ0) is 19.2. The Balaban J connectivity index is 1.63. The van der Waals surface area contributed by atoms with Crippen LogP contribution in [0.4, 0.5) is 0 Å². The van der Waals surface area contributed by atoms with E-state index in [4.69, 9.17) is 5.73 Å². The molecule has 7 nitrogen and oxygen atoms in total. The van der Waals surface area contributed by atoms with E-state index in [9.17, 15) is 9.59 Å². The molecule has 2 heterocycles. The van der Waals surface area contributed by atoms with Gasteiger partial charge in [-0.1, -0.05) is 19.1 Å². The maximum Gasteiger partial charge on any atom is 0.251 e. The predicted molar refractivity (Wildman–Crippen MR) is 104 cm³/mol. The van der Waals surface area contributed by atoms with Gasteiger partial charge in [-0.2, -0.15) is 5.10 Å². The summed E-state index contributed by atoms with van der Waals surface area (Å²) >= 11 is 0. The van der Waals surface area contributed by atoms with Gasteiger partial charge in [0.1, 0.15) is 0 Å². The molecule has 0 bridgehead atoms. The number of nitrogens with one attached hydrogen (secondary N) is 1. The van der Waals surface area contributed by atoms with Crippen molar-refractivity contribution in [2.45, 2.75) is 38.8 Å². The van der Waals surface area contributed by atoms with Crippen molar-refractivity contribution in [2.75, 3.05) is 19.6 Å². The minimum Gasteiger partial charge on any atom is -0.370 e. The van der Waals surface area contributed by atoms with Gasteiger partial charge in [0.05, 0.1) is 6.20 Å². The van der Waals surface area contributed by atoms with Gasteiger partial charge in [-0.3, -0.25) is 19.2 Å². The van der Waals surface area contributed by atoms with Crippen LogP contribution in [0.25, 0.3) is 11.1 Å². The quantitative estimate of drug-likeness (QED) is 0.740. The van der Waals surface area contributed by atoms with Crippen LogP contribution in [0, 0.1) is 0 Å². The topological polar surface area (TPSA) is 93.2 Å². The summed E-state index contributed by atoms with van der Waals surface area (Å²) in [7, 11) is 0. The van der Waals surface area contributed by atoms with Crippen molar-refractivity contribution < 1.29 is 9.59 Å². The highest BCUT2D eigenvalue weighted by Gasteiger charge is 2.23. The number of likely N-dealkylation sites (tertiary alicyclic amines) is 1. The molecule has 1 atom stereocenters. The molecule has 1 aromatic carbocycles. The van der Waals surface area contributed by atoms with Crippen LogP contribution >= 0.6 is 0 Å². The molecule has 2 amide bonds. The number of rotatable bonds is 8. The lowest BCUT2D eigenvalue weighted by Crippen LogP contribution is -2.40. The Bertz CT molecular complexity index is 801. The standard InChI is InChI=1S/C20H27N5O2/c1-2-24-9-4-7-18(24)13-22-20(27)16-6-3-5-15(11-16)17-12-23-25(14-17)10-8-19(21)26/h3,5-6,11-12,14,18H,2,4,7-10,13H2,1H3,(H2,21,26)(H,22,27)/t18-/m1/s1. The molecule has 27 heavy (non-hydrogen) atoms. The molecular weight excluding hydrogens is 342 g/mol. The maximum atomic E-state index is 12.6. The summed E-state index contributed by atoms with van der Waals surface area (Å²) in [5.41, 5.74) is 7.64. The Morgan fingerprint density at radius 3 is 2.96 bits per heavy atom. The number of carbonyl (C=O) groups is 2. The van der Waals surface area contributed by atoms with Crippen molar-refractivity contribution >= 4 is 11.8 Å². The fraction of sp³-hybridized carbons (Fsp3) is 0.450. The molecule has 0 aliphatic carbocycles. The van der Waals surface area contributed by atoms with Crippen LogP contribution in [0.5, 0.6) is 0 Å². The molecule has 2 aromatic rings. The van der Waals surface area contributed by atoms with Crippen molar-refractivity contribution in [3.8, 4) is 11.1 Å². The minimum atomic E-state index is -0.352. The zero-order valence-corrected chi connectivity index (χ0v) is 15.7. The molecule has 7 heteroatoms. The third-order valence-corrected chi connectivity index (χ3v) is 5.08. The Morgan fingerprint density at radius 1 is 1.33 bits per heavy atom. The molecule has 0 saturated carbocycles. The molecule has 1 fully saturated rings. The molecule has 0 radical (unpaired) electrons. The van der Waals surface area contributed by atoms with Gasteiger partial charge in [0.2, 0.25) is 5.91 Å². The van der Waals surface area contributed by atoms with E-state index in [2.05, 4.69) is 22.2 Å². The number of hydrogen-bond acceptors (Lipinski definition) is 4. The first-order valence-electron chi connectivity index (χ1n) is 9.50. The van der Waals surface area contributed by atoms with E-state index in [0.29, 0.717) is 24.7 Å². The highest BCUT2D eigenvalue weighted by molar-refractivity contribution is 5.95. The molecule has 1 aliphatic rings. The van der Waals surface area contributed by atoms with E-state index in [1.54, 1.807) is 10.9 Å². The van der Waals surface area contributed by atoms with Crippen LogP contribution < -0.4 is 11.1 Å². The van der Waals surface area contributed by atoms with E-state index in [1.165, 1.54) is 6.42 Å². The molecule has 3 rings (SSSR count). The van der Waals surface area contributed by atoms with Crippen LogP contribution in [0.15, 0.2) is 36.7 Å². The molecule has 1 aromatic heterocycles. The number of aryl methyl sites for hydroxylation is 1. The first-order chi connectivity index (χ1) is 13.1. The van der Waals surface area contributed by atoms with Gasteiger partial charge >= 0.3 is 0 Å². The summed E-state index contributed by atoms with van der Waals surface area (Å²) in [5.74, 6) is -0.407. The Labute approximate surface area is 159 Å². The average Bonchev–Trinajstić information content (AvgIpc) is 3.33. The highest BCUT2D eigenvalue weighted by Crippen LogP contribution is 2.20. The van der Waals surface area contributed by atoms with Gasteiger partial charge < -0.3 is 11.1 Å². The van der Waals surface area contributed by atoms with Crippen LogP contribution in [-0.2, 0) is 11.3 Å². The number of amides is 2. The number of likely N-dealkylation sites (N-methyl/N-ethyl adjacent to an activating group) is 1. The Hall–Kier alpha value is -2.67. The summed E-state index contributed by atoms with van der Waals surface area (Å²) in [6.45, 7) is 5.43. The van der Waals surface area contributed by atoms with Gasteiger partial charge in [0.25, 0.3) is 5.91 Å². The van der Waals surface area contributed by atoms with E-state index in [-0.39, 0.29) is 18.2 Å². The number of nitrogens with zero attached hydrogens (tertiary/aromatic N) is 3. The molecule has 1 saturated heterocycles. The Morgan fingerprint density at radius 2 is 2.19 bits per heavy atom. The first-order valence-corrected chi connectivity index (χ1v) is 9.50. The van der Waals surface area contributed by atoms with Gasteiger partial charge in [-0.15, -0.1) is 0 Å². The maximum absolute atomic E-state index is 12.6. The SMILES string of the molecule is CCN1CCC[C@@H]1CNC(=O)c1cccc(-c2cnn(CCC(N)=O)c2)c1. The molecule has 0 unspecified atom stereocenters.